The molecular formula is C13H18FN3O3S. The molecule has 1 aliphatic heterocycles. The number of piperidine rings is 1. The molecule has 0 saturated carbocycles. The van der Waals surface area contributed by atoms with Crippen molar-refractivity contribution in [3.63, 3.8) is 0 Å². The first-order valence-electron chi connectivity index (χ1n) is 6.63. The van der Waals surface area contributed by atoms with E-state index in [1.807, 2.05) is 0 Å². The van der Waals surface area contributed by atoms with E-state index in [1.54, 1.807) is 0 Å². The Kier molecular flexibility index (Phi) is 4.48. The normalized spacial score (nSPS) is 17.6. The second kappa shape index (κ2) is 5.98. The van der Waals surface area contributed by atoms with Crippen LogP contribution in [-0.2, 0) is 14.8 Å². The molecule has 1 amide bonds. The van der Waals surface area contributed by atoms with Gasteiger partial charge in [-0.25, -0.2) is 12.8 Å². The van der Waals surface area contributed by atoms with E-state index in [4.69, 9.17) is 5.73 Å². The van der Waals surface area contributed by atoms with Crippen LogP contribution in [0.25, 0.3) is 0 Å². The van der Waals surface area contributed by atoms with Crippen molar-refractivity contribution in [1.82, 2.24) is 9.62 Å². The third-order valence-corrected chi connectivity index (χ3v) is 5.37. The molecule has 116 valence electrons. The third-order valence-electron chi connectivity index (χ3n) is 3.44. The van der Waals surface area contributed by atoms with Crippen LogP contribution < -0.4 is 11.1 Å². The van der Waals surface area contributed by atoms with Crippen molar-refractivity contribution < 1.29 is 17.6 Å². The quantitative estimate of drug-likeness (QED) is 0.803. The molecule has 1 aromatic rings. The van der Waals surface area contributed by atoms with Gasteiger partial charge in [0.2, 0.25) is 15.9 Å². The summed E-state index contributed by atoms with van der Waals surface area (Å²) in [6.07, 6.45) is 1.02. The van der Waals surface area contributed by atoms with Crippen molar-refractivity contribution in [2.24, 2.45) is 0 Å². The molecule has 21 heavy (non-hydrogen) atoms. The van der Waals surface area contributed by atoms with Gasteiger partial charge in [-0.15, -0.1) is 0 Å². The first-order valence-corrected chi connectivity index (χ1v) is 8.07. The van der Waals surface area contributed by atoms with Gasteiger partial charge in [-0.3, -0.25) is 4.79 Å². The number of carbonyl (C=O) groups is 1. The van der Waals surface area contributed by atoms with E-state index in [2.05, 4.69) is 5.32 Å². The topological polar surface area (TPSA) is 92.5 Å². The van der Waals surface area contributed by atoms with Crippen molar-refractivity contribution in [3.8, 4) is 0 Å². The number of anilines is 1. The number of nitrogens with one attached hydrogen (secondary N) is 1. The zero-order chi connectivity index (χ0) is 15.6. The maximum Gasteiger partial charge on any atom is 0.245 e. The summed E-state index contributed by atoms with van der Waals surface area (Å²) in [5.74, 6) is -0.986. The Labute approximate surface area is 123 Å². The van der Waals surface area contributed by atoms with Crippen LogP contribution in [0.5, 0.6) is 0 Å². The molecule has 2 rings (SSSR count). The molecule has 3 N–H and O–H groups in total. The predicted octanol–water partition coefficient (Wildman–Crippen LogP) is 0.697. The molecule has 1 saturated heterocycles. The molecule has 0 atom stereocenters. The fourth-order valence-corrected chi connectivity index (χ4v) is 3.91. The highest BCUT2D eigenvalue weighted by Gasteiger charge is 2.31. The number of nitrogens with two attached hydrogens (primary N) is 1. The molecule has 0 aromatic heterocycles. The number of carbonyl (C=O) groups excluding carboxylic acids is 1. The van der Waals surface area contributed by atoms with Crippen LogP contribution in [0.4, 0.5) is 10.1 Å². The van der Waals surface area contributed by atoms with Crippen molar-refractivity contribution >= 4 is 21.6 Å². The maximum atomic E-state index is 13.8. The van der Waals surface area contributed by atoms with E-state index in [9.17, 15) is 17.6 Å². The van der Waals surface area contributed by atoms with Crippen molar-refractivity contribution in [3.05, 3.63) is 24.0 Å². The lowest BCUT2D eigenvalue weighted by Gasteiger charge is -2.31. The van der Waals surface area contributed by atoms with Crippen LogP contribution in [0.3, 0.4) is 0 Å². The minimum atomic E-state index is -3.87. The summed E-state index contributed by atoms with van der Waals surface area (Å²) in [5.41, 5.74) is 5.60. The van der Waals surface area contributed by atoms with E-state index in [0.29, 0.717) is 12.8 Å². The number of nitrogen functional groups attached to an aromatic ring is 1. The van der Waals surface area contributed by atoms with Crippen molar-refractivity contribution in [2.45, 2.75) is 30.7 Å². The van der Waals surface area contributed by atoms with Gasteiger partial charge in [0.15, 0.2) is 0 Å². The van der Waals surface area contributed by atoms with Crippen LogP contribution in [0, 0.1) is 5.82 Å². The molecule has 1 aromatic carbocycles. The van der Waals surface area contributed by atoms with Crippen LogP contribution in [0.1, 0.15) is 19.8 Å². The Morgan fingerprint density at radius 1 is 1.38 bits per heavy atom. The lowest BCUT2D eigenvalue weighted by molar-refractivity contribution is -0.119. The minimum Gasteiger partial charge on any atom is -0.399 e. The summed E-state index contributed by atoms with van der Waals surface area (Å²) in [6, 6.07) is 3.50. The number of rotatable bonds is 3. The first kappa shape index (κ1) is 15.7. The van der Waals surface area contributed by atoms with Gasteiger partial charge in [0.25, 0.3) is 0 Å². The number of nitrogens with zero attached hydrogens (tertiary/aromatic N) is 1. The molecule has 1 heterocycles. The molecule has 1 fully saturated rings. The molecule has 8 heteroatoms. The van der Waals surface area contributed by atoms with Gasteiger partial charge in [-0.1, -0.05) is 0 Å². The standard InChI is InChI=1S/C13H18FN3O3S/c1-9(18)16-11-4-6-17(7-5-11)21(19,20)13-3-2-10(15)8-12(13)14/h2-3,8,11H,4-7,15H2,1H3,(H,16,18). The number of hydrogen-bond donors (Lipinski definition) is 2. The highest BCUT2D eigenvalue weighted by molar-refractivity contribution is 7.89. The van der Waals surface area contributed by atoms with Gasteiger partial charge < -0.3 is 11.1 Å². The fourth-order valence-electron chi connectivity index (χ4n) is 2.39. The van der Waals surface area contributed by atoms with E-state index in [-0.39, 0.29) is 35.6 Å². The molecule has 0 spiro atoms. The Morgan fingerprint density at radius 2 is 2.00 bits per heavy atom. The largest absolute Gasteiger partial charge is 0.399 e. The molecule has 0 aliphatic carbocycles. The molecule has 6 nitrogen and oxygen atoms in total. The van der Waals surface area contributed by atoms with Crippen LogP contribution in [0.15, 0.2) is 23.1 Å². The molecule has 0 bridgehead atoms. The molecular weight excluding hydrogens is 297 g/mol. The van der Waals surface area contributed by atoms with Crippen LogP contribution in [0.2, 0.25) is 0 Å². The Morgan fingerprint density at radius 3 is 2.52 bits per heavy atom. The Hall–Kier alpha value is -1.67. The van der Waals surface area contributed by atoms with Crippen LogP contribution >= 0.6 is 0 Å². The summed E-state index contributed by atoms with van der Waals surface area (Å²) in [6.45, 7) is 1.92. The summed E-state index contributed by atoms with van der Waals surface area (Å²) < 4.78 is 39.9. The fraction of sp³-hybridized carbons (Fsp3) is 0.462. The summed E-state index contributed by atoms with van der Waals surface area (Å²) in [4.78, 5) is 10.6. The second-order valence-corrected chi connectivity index (χ2v) is 6.98. The number of sulfonamides is 1. The number of hydrogen-bond acceptors (Lipinski definition) is 4. The second-order valence-electron chi connectivity index (χ2n) is 5.07. The Bertz CT molecular complexity index is 640. The molecule has 0 unspecified atom stereocenters. The summed E-state index contributed by atoms with van der Waals surface area (Å²) in [7, 11) is -3.87. The molecule has 1 aliphatic rings. The van der Waals surface area contributed by atoms with Gasteiger partial charge in [0, 0.05) is 31.7 Å². The van der Waals surface area contributed by atoms with E-state index >= 15 is 0 Å². The highest BCUT2D eigenvalue weighted by Crippen LogP contribution is 2.24. The van der Waals surface area contributed by atoms with E-state index < -0.39 is 15.8 Å². The lowest BCUT2D eigenvalue weighted by atomic mass is 10.1. The zero-order valence-corrected chi connectivity index (χ0v) is 12.5. The summed E-state index contributed by atoms with van der Waals surface area (Å²) in [5, 5.41) is 2.76. The number of halogens is 1. The maximum absolute atomic E-state index is 13.8. The van der Waals surface area contributed by atoms with Crippen molar-refractivity contribution in [2.75, 3.05) is 18.8 Å². The van der Waals surface area contributed by atoms with Gasteiger partial charge in [0.05, 0.1) is 0 Å². The Balaban J connectivity index is 2.13. The lowest BCUT2D eigenvalue weighted by Crippen LogP contribution is -2.46. The van der Waals surface area contributed by atoms with Crippen LogP contribution in [-0.4, -0.2) is 37.8 Å². The predicted molar refractivity (Wildman–Crippen MR) is 76.4 cm³/mol. The zero-order valence-electron chi connectivity index (χ0n) is 11.7. The summed E-state index contributed by atoms with van der Waals surface area (Å²) >= 11 is 0. The molecule has 0 radical (unpaired) electrons. The highest BCUT2D eigenvalue weighted by atomic mass is 32.2. The third kappa shape index (κ3) is 3.51. The van der Waals surface area contributed by atoms with E-state index in [0.717, 1.165) is 6.07 Å². The minimum absolute atomic E-state index is 0.0368. The van der Waals surface area contributed by atoms with Gasteiger partial charge in [-0.2, -0.15) is 4.31 Å². The van der Waals surface area contributed by atoms with Gasteiger partial charge in [-0.05, 0) is 31.0 Å². The van der Waals surface area contributed by atoms with Gasteiger partial charge in [0.1, 0.15) is 10.7 Å². The van der Waals surface area contributed by atoms with Crippen molar-refractivity contribution in [1.29, 1.82) is 0 Å². The number of amides is 1. The average Bonchev–Trinajstić information content (AvgIpc) is 2.38. The first-order chi connectivity index (χ1) is 9.80. The van der Waals surface area contributed by atoms with Gasteiger partial charge >= 0.3 is 0 Å². The SMILES string of the molecule is CC(=O)NC1CCN(S(=O)(=O)c2ccc(N)cc2F)CC1. The average molecular weight is 315 g/mol. The number of benzene rings is 1. The smallest absolute Gasteiger partial charge is 0.245 e. The monoisotopic (exact) mass is 315 g/mol. The van der Waals surface area contributed by atoms with E-state index in [1.165, 1.54) is 23.4 Å².